The molecule has 4 heteroatoms. The number of fused-ring (bicyclic) bond motifs is 2. The number of carbonyl (C=O) groups is 1. The summed E-state index contributed by atoms with van der Waals surface area (Å²) in [6.07, 6.45) is 5.60. The van der Waals surface area contributed by atoms with E-state index in [9.17, 15) is 4.79 Å². The average Bonchev–Trinajstić information content (AvgIpc) is 3.25. The molecule has 2 fully saturated rings. The highest BCUT2D eigenvalue weighted by molar-refractivity contribution is 5.92. The van der Waals surface area contributed by atoms with Crippen LogP contribution in [0.25, 0.3) is 0 Å². The van der Waals surface area contributed by atoms with Crippen LogP contribution in [0.5, 0.6) is 0 Å². The summed E-state index contributed by atoms with van der Waals surface area (Å²) < 4.78 is 0. The Morgan fingerprint density at radius 2 is 1.88 bits per heavy atom. The zero-order valence-electron chi connectivity index (χ0n) is 15.9. The van der Waals surface area contributed by atoms with Gasteiger partial charge in [-0.1, -0.05) is 6.42 Å². The van der Waals surface area contributed by atoms with Crippen LogP contribution >= 0.6 is 0 Å². The molecule has 4 atom stereocenters. The minimum Gasteiger partial charge on any atom is -0.372 e. The second-order valence-corrected chi connectivity index (χ2v) is 7.78. The zero-order chi connectivity index (χ0) is 17.8. The predicted octanol–water partition coefficient (Wildman–Crippen LogP) is 3.89. The third kappa shape index (κ3) is 4.35. The highest BCUT2D eigenvalue weighted by Crippen LogP contribution is 2.49. The molecule has 138 valence electrons. The maximum atomic E-state index is 12.2. The van der Waals surface area contributed by atoms with Gasteiger partial charge in [-0.05, 0) is 82.1 Å². The number of carbonyl (C=O) groups excluding carboxylic acids is 1. The highest BCUT2D eigenvalue weighted by atomic mass is 16.1. The molecule has 0 radical (unpaired) electrons. The lowest BCUT2D eigenvalue weighted by molar-refractivity contribution is -0.115. The Morgan fingerprint density at radius 1 is 1.16 bits per heavy atom. The molecule has 0 aliphatic heterocycles. The van der Waals surface area contributed by atoms with Crippen molar-refractivity contribution >= 4 is 17.3 Å². The zero-order valence-corrected chi connectivity index (χ0v) is 15.9. The fourth-order valence-corrected chi connectivity index (χ4v) is 4.86. The summed E-state index contributed by atoms with van der Waals surface area (Å²) in [6.45, 7) is 8.94. The number of nitrogens with one attached hydrogen (secondary N) is 2. The summed E-state index contributed by atoms with van der Waals surface area (Å²) in [5, 5.41) is 6.46. The molecule has 2 N–H and O–H groups in total. The van der Waals surface area contributed by atoms with Crippen molar-refractivity contribution in [2.75, 3.05) is 29.9 Å². The number of rotatable bonds is 8. The van der Waals surface area contributed by atoms with Crippen LogP contribution in [0.4, 0.5) is 11.4 Å². The first-order valence-corrected chi connectivity index (χ1v) is 9.99. The number of hydrogen-bond donors (Lipinski definition) is 2. The fraction of sp³-hybridized carbons (Fsp3) is 0.667. The third-order valence-electron chi connectivity index (χ3n) is 6.30. The Kier molecular flexibility index (Phi) is 6.00. The number of anilines is 2. The van der Waals surface area contributed by atoms with Crippen molar-refractivity contribution < 1.29 is 4.79 Å². The van der Waals surface area contributed by atoms with E-state index in [1.165, 1.54) is 31.4 Å². The standard InChI is InChI=1S/C21H33N3O/c1-4-24(5-2)19-10-8-18(9-11-19)23-21(25)14-22-15(3)20-13-16-6-7-17(20)12-16/h8-11,15-17,20,22H,4-7,12-14H2,1-3H3,(H,23,25)/t15-,16-,17-,20+/m0/s1. The van der Waals surface area contributed by atoms with Crippen molar-refractivity contribution in [2.45, 2.75) is 52.5 Å². The van der Waals surface area contributed by atoms with Gasteiger partial charge in [0.15, 0.2) is 0 Å². The van der Waals surface area contributed by atoms with Crippen LogP contribution in [0.15, 0.2) is 24.3 Å². The smallest absolute Gasteiger partial charge is 0.238 e. The maximum Gasteiger partial charge on any atom is 0.238 e. The van der Waals surface area contributed by atoms with Crippen molar-refractivity contribution in [1.82, 2.24) is 5.32 Å². The van der Waals surface area contributed by atoms with E-state index in [0.29, 0.717) is 12.6 Å². The van der Waals surface area contributed by atoms with Gasteiger partial charge in [0.2, 0.25) is 5.91 Å². The van der Waals surface area contributed by atoms with E-state index in [0.717, 1.165) is 36.5 Å². The molecule has 0 spiro atoms. The van der Waals surface area contributed by atoms with Gasteiger partial charge in [-0.2, -0.15) is 0 Å². The van der Waals surface area contributed by atoms with Crippen LogP contribution in [0.1, 0.15) is 46.5 Å². The number of hydrogen-bond acceptors (Lipinski definition) is 3. The van der Waals surface area contributed by atoms with E-state index in [1.807, 2.05) is 12.1 Å². The summed E-state index contributed by atoms with van der Waals surface area (Å²) in [6, 6.07) is 8.57. The summed E-state index contributed by atoms with van der Waals surface area (Å²) in [4.78, 5) is 14.5. The van der Waals surface area contributed by atoms with Gasteiger partial charge in [-0.3, -0.25) is 4.79 Å². The third-order valence-corrected chi connectivity index (χ3v) is 6.30. The lowest BCUT2D eigenvalue weighted by atomic mass is 9.84. The molecule has 0 heterocycles. The van der Waals surface area contributed by atoms with E-state index in [1.54, 1.807) is 0 Å². The average molecular weight is 344 g/mol. The predicted molar refractivity (Wildman–Crippen MR) is 105 cm³/mol. The monoisotopic (exact) mass is 343 g/mol. The van der Waals surface area contributed by atoms with Gasteiger partial charge in [-0.25, -0.2) is 0 Å². The number of benzene rings is 1. The first kappa shape index (κ1) is 18.2. The lowest BCUT2D eigenvalue weighted by Crippen LogP contribution is -2.40. The van der Waals surface area contributed by atoms with Crippen LogP contribution in [0.2, 0.25) is 0 Å². The van der Waals surface area contributed by atoms with Gasteiger partial charge in [0.05, 0.1) is 6.54 Å². The molecule has 3 rings (SSSR count). The van der Waals surface area contributed by atoms with Gasteiger partial charge in [0.1, 0.15) is 0 Å². The highest BCUT2D eigenvalue weighted by Gasteiger charge is 2.41. The van der Waals surface area contributed by atoms with E-state index < -0.39 is 0 Å². The molecule has 1 aromatic carbocycles. The molecular formula is C21H33N3O. The molecule has 0 aromatic heterocycles. The van der Waals surface area contributed by atoms with E-state index in [-0.39, 0.29) is 5.91 Å². The minimum atomic E-state index is 0.0468. The maximum absolute atomic E-state index is 12.2. The molecule has 2 aliphatic carbocycles. The Hall–Kier alpha value is -1.55. The summed E-state index contributed by atoms with van der Waals surface area (Å²) in [5.74, 6) is 2.66. The molecule has 4 nitrogen and oxygen atoms in total. The molecule has 0 saturated heterocycles. The Balaban J connectivity index is 1.44. The van der Waals surface area contributed by atoms with Gasteiger partial charge < -0.3 is 15.5 Å². The largest absolute Gasteiger partial charge is 0.372 e. The molecule has 1 aromatic rings. The second kappa shape index (κ2) is 8.22. The normalized spacial score (nSPS) is 25.8. The number of nitrogens with zero attached hydrogens (tertiary/aromatic N) is 1. The summed E-state index contributed by atoms with van der Waals surface area (Å²) in [7, 11) is 0. The second-order valence-electron chi connectivity index (χ2n) is 7.78. The first-order chi connectivity index (χ1) is 12.1. The van der Waals surface area contributed by atoms with Crippen molar-refractivity contribution in [1.29, 1.82) is 0 Å². The van der Waals surface area contributed by atoms with Crippen LogP contribution < -0.4 is 15.5 Å². The Bertz CT molecular complexity index is 567. The van der Waals surface area contributed by atoms with Gasteiger partial charge >= 0.3 is 0 Å². The van der Waals surface area contributed by atoms with Gasteiger partial charge in [-0.15, -0.1) is 0 Å². The summed E-state index contributed by atoms with van der Waals surface area (Å²) >= 11 is 0. The van der Waals surface area contributed by atoms with Crippen LogP contribution in [-0.4, -0.2) is 31.6 Å². The molecular weight excluding hydrogens is 310 g/mol. The first-order valence-electron chi connectivity index (χ1n) is 9.99. The van der Waals surface area contributed by atoms with E-state index in [2.05, 4.69) is 48.4 Å². The molecule has 1 amide bonds. The SMILES string of the molecule is CCN(CC)c1ccc(NC(=O)CN[C@@H](C)[C@H]2C[C@H]3CC[C@H]2C3)cc1. The Labute approximate surface area is 152 Å². The number of amides is 1. The molecule has 0 unspecified atom stereocenters. The molecule has 2 saturated carbocycles. The fourth-order valence-electron chi connectivity index (χ4n) is 4.86. The van der Waals surface area contributed by atoms with E-state index >= 15 is 0 Å². The van der Waals surface area contributed by atoms with Gasteiger partial charge in [0, 0.05) is 30.5 Å². The van der Waals surface area contributed by atoms with Crippen LogP contribution in [0.3, 0.4) is 0 Å². The van der Waals surface area contributed by atoms with Crippen molar-refractivity contribution in [2.24, 2.45) is 17.8 Å². The lowest BCUT2D eigenvalue weighted by Gasteiger charge is -2.28. The van der Waals surface area contributed by atoms with Crippen molar-refractivity contribution in [3.63, 3.8) is 0 Å². The van der Waals surface area contributed by atoms with Gasteiger partial charge in [0.25, 0.3) is 0 Å². The molecule has 2 bridgehead atoms. The van der Waals surface area contributed by atoms with Crippen molar-refractivity contribution in [3.05, 3.63) is 24.3 Å². The van der Waals surface area contributed by atoms with Crippen LogP contribution in [-0.2, 0) is 4.79 Å². The quantitative estimate of drug-likeness (QED) is 0.753. The molecule has 2 aliphatic rings. The van der Waals surface area contributed by atoms with Crippen LogP contribution in [0, 0.1) is 17.8 Å². The van der Waals surface area contributed by atoms with Crippen molar-refractivity contribution in [3.8, 4) is 0 Å². The topological polar surface area (TPSA) is 44.4 Å². The Morgan fingerprint density at radius 3 is 2.44 bits per heavy atom. The minimum absolute atomic E-state index is 0.0468. The van der Waals surface area contributed by atoms with E-state index in [4.69, 9.17) is 0 Å². The summed E-state index contributed by atoms with van der Waals surface area (Å²) in [5.41, 5.74) is 2.07. The molecule has 25 heavy (non-hydrogen) atoms.